The summed E-state index contributed by atoms with van der Waals surface area (Å²) in [7, 11) is 1.52. The van der Waals surface area contributed by atoms with Crippen LogP contribution in [0.2, 0.25) is 5.02 Å². The normalized spacial score (nSPS) is 11.7. The lowest BCUT2D eigenvalue weighted by atomic mass is 10.1. The van der Waals surface area contributed by atoms with Gasteiger partial charge in [0.15, 0.2) is 0 Å². The Labute approximate surface area is 142 Å². The number of amides is 2. The van der Waals surface area contributed by atoms with Crippen molar-refractivity contribution in [2.24, 2.45) is 7.05 Å². The molecule has 1 atom stereocenters. The predicted octanol–water partition coefficient (Wildman–Crippen LogP) is 1.99. The Morgan fingerprint density at radius 2 is 1.92 bits per heavy atom. The highest BCUT2D eigenvalue weighted by atomic mass is 35.5. The molecular formula is C16H15ClFN3O3. The van der Waals surface area contributed by atoms with E-state index >= 15 is 0 Å². The van der Waals surface area contributed by atoms with Crippen molar-refractivity contribution < 1.29 is 14.0 Å². The highest BCUT2D eigenvalue weighted by Gasteiger charge is 2.19. The zero-order valence-corrected chi connectivity index (χ0v) is 13.7. The molecule has 0 radical (unpaired) electrons. The van der Waals surface area contributed by atoms with Crippen LogP contribution in [-0.2, 0) is 16.6 Å². The lowest BCUT2D eigenvalue weighted by molar-refractivity contribution is -0.136. The quantitative estimate of drug-likeness (QED) is 0.830. The van der Waals surface area contributed by atoms with Gasteiger partial charge in [0.2, 0.25) is 5.56 Å². The van der Waals surface area contributed by atoms with Gasteiger partial charge in [-0.1, -0.05) is 17.7 Å². The summed E-state index contributed by atoms with van der Waals surface area (Å²) in [5, 5.41) is 5.02. The van der Waals surface area contributed by atoms with Gasteiger partial charge < -0.3 is 15.2 Å². The maximum Gasteiger partial charge on any atom is 0.313 e. The second-order valence-electron chi connectivity index (χ2n) is 5.18. The summed E-state index contributed by atoms with van der Waals surface area (Å²) in [6.07, 6.45) is 1.40. The molecule has 0 fully saturated rings. The summed E-state index contributed by atoms with van der Waals surface area (Å²) in [5.74, 6) is -2.26. The molecule has 2 rings (SSSR count). The van der Waals surface area contributed by atoms with E-state index in [2.05, 4.69) is 10.6 Å². The van der Waals surface area contributed by atoms with Crippen molar-refractivity contribution in [3.63, 3.8) is 0 Å². The highest BCUT2D eigenvalue weighted by molar-refractivity contribution is 6.39. The summed E-state index contributed by atoms with van der Waals surface area (Å²) < 4.78 is 14.3. The summed E-state index contributed by atoms with van der Waals surface area (Å²) >= 11 is 5.93. The first-order valence-corrected chi connectivity index (χ1v) is 7.39. The third kappa shape index (κ3) is 4.20. The van der Waals surface area contributed by atoms with Crippen LogP contribution in [0.4, 0.5) is 10.1 Å². The largest absolute Gasteiger partial charge is 0.341 e. The van der Waals surface area contributed by atoms with Crippen molar-refractivity contribution in [2.45, 2.75) is 13.0 Å². The number of hydrogen-bond acceptors (Lipinski definition) is 3. The summed E-state index contributed by atoms with van der Waals surface area (Å²) in [6.45, 7) is 1.62. The minimum absolute atomic E-state index is 0.154. The molecule has 8 heteroatoms. The number of pyridine rings is 1. The van der Waals surface area contributed by atoms with Crippen LogP contribution in [0.15, 0.2) is 41.3 Å². The molecule has 1 aromatic heterocycles. The van der Waals surface area contributed by atoms with Gasteiger partial charge in [0.25, 0.3) is 0 Å². The zero-order valence-electron chi connectivity index (χ0n) is 13.0. The number of carbonyl (C=O) groups excluding carboxylic acids is 2. The second-order valence-corrected chi connectivity index (χ2v) is 5.59. The van der Waals surface area contributed by atoms with Gasteiger partial charge in [-0.3, -0.25) is 14.4 Å². The van der Waals surface area contributed by atoms with Crippen molar-refractivity contribution >= 4 is 29.1 Å². The average Bonchev–Trinajstić information content (AvgIpc) is 2.50. The van der Waals surface area contributed by atoms with Crippen LogP contribution in [0.1, 0.15) is 18.5 Å². The SMILES string of the molecule is C[C@@H](NC(=O)C(=O)Nc1ccc(=O)n(C)c1)c1ccc(F)cc1Cl. The van der Waals surface area contributed by atoms with E-state index in [9.17, 15) is 18.8 Å². The maximum atomic E-state index is 13.0. The van der Waals surface area contributed by atoms with E-state index in [1.165, 1.54) is 42.1 Å². The number of benzene rings is 1. The van der Waals surface area contributed by atoms with E-state index in [0.29, 0.717) is 11.3 Å². The van der Waals surface area contributed by atoms with Crippen molar-refractivity contribution in [2.75, 3.05) is 5.32 Å². The lowest BCUT2D eigenvalue weighted by Crippen LogP contribution is -2.37. The molecular weight excluding hydrogens is 337 g/mol. The smallest absolute Gasteiger partial charge is 0.313 e. The van der Waals surface area contributed by atoms with Crippen LogP contribution in [0.5, 0.6) is 0 Å². The highest BCUT2D eigenvalue weighted by Crippen LogP contribution is 2.23. The van der Waals surface area contributed by atoms with Gasteiger partial charge in [-0.05, 0) is 30.7 Å². The van der Waals surface area contributed by atoms with E-state index in [1.807, 2.05) is 0 Å². The van der Waals surface area contributed by atoms with E-state index in [1.54, 1.807) is 6.92 Å². The van der Waals surface area contributed by atoms with Crippen LogP contribution in [-0.4, -0.2) is 16.4 Å². The predicted molar refractivity (Wildman–Crippen MR) is 88.3 cm³/mol. The molecule has 0 bridgehead atoms. The molecule has 1 aromatic carbocycles. The molecule has 2 amide bonds. The molecule has 0 unspecified atom stereocenters. The number of hydrogen-bond donors (Lipinski definition) is 2. The third-order valence-electron chi connectivity index (χ3n) is 3.33. The van der Waals surface area contributed by atoms with Crippen molar-refractivity contribution in [3.05, 3.63) is 63.3 Å². The lowest BCUT2D eigenvalue weighted by Gasteiger charge is -2.15. The molecule has 0 saturated carbocycles. The molecule has 0 saturated heterocycles. The van der Waals surface area contributed by atoms with Crippen LogP contribution in [0, 0.1) is 5.82 Å². The zero-order chi connectivity index (χ0) is 17.9. The minimum atomic E-state index is -0.890. The van der Waals surface area contributed by atoms with Crippen LogP contribution >= 0.6 is 11.6 Å². The topological polar surface area (TPSA) is 80.2 Å². The number of nitrogens with one attached hydrogen (secondary N) is 2. The van der Waals surface area contributed by atoms with E-state index in [-0.39, 0.29) is 10.6 Å². The number of rotatable bonds is 3. The van der Waals surface area contributed by atoms with Crippen molar-refractivity contribution in [1.82, 2.24) is 9.88 Å². The van der Waals surface area contributed by atoms with Crippen LogP contribution in [0.25, 0.3) is 0 Å². The van der Waals surface area contributed by atoms with Gasteiger partial charge in [0.1, 0.15) is 5.82 Å². The number of carbonyl (C=O) groups is 2. The van der Waals surface area contributed by atoms with Gasteiger partial charge >= 0.3 is 11.8 Å². The van der Waals surface area contributed by atoms with Crippen molar-refractivity contribution in [3.8, 4) is 0 Å². The summed E-state index contributed by atoms with van der Waals surface area (Å²) in [6, 6.07) is 5.87. The van der Waals surface area contributed by atoms with Crippen LogP contribution in [0.3, 0.4) is 0 Å². The fraction of sp³-hybridized carbons (Fsp3) is 0.188. The van der Waals surface area contributed by atoms with Gasteiger partial charge in [-0.2, -0.15) is 0 Å². The number of aryl methyl sites for hydroxylation is 1. The molecule has 0 aliphatic carbocycles. The Balaban J connectivity index is 2.04. The van der Waals surface area contributed by atoms with Gasteiger partial charge in [0, 0.05) is 24.3 Å². The first kappa shape index (κ1) is 17.7. The summed E-state index contributed by atoms with van der Waals surface area (Å²) in [5.41, 5.74) is 0.558. The van der Waals surface area contributed by atoms with Crippen molar-refractivity contribution in [1.29, 1.82) is 0 Å². The average molecular weight is 352 g/mol. The number of aromatic nitrogens is 1. The molecule has 2 N–H and O–H groups in total. The standard InChI is InChI=1S/C16H15ClFN3O3/c1-9(12-5-3-10(18)7-13(12)17)19-15(23)16(24)20-11-4-6-14(22)21(2)8-11/h3-9H,1-2H3,(H,19,23)(H,20,24)/t9-/m1/s1. The molecule has 0 aliphatic rings. The van der Waals surface area contributed by atoms with E-state index in [0.717, 1.165) is 6.07 Å². The maximum absolute atomic E-state index is 13.0. The molecule has 126 valence electrons. The third-order valence-corrected chi connectivity index (χ3v) is 3.65. The number of nitrogens with zero attached hydrogens (tertiary/aromatic N) is 1. The number of halogens is 2. The monoisotopic (exact) mass is 351 g/mol. The Morgan fingerprint density at radius 1 is 1.21 bits per heavy atom. The minimum Gasteiger partial charge on any atom is -0.341 e. The first-order valence-electron chi connectivity index (χ1n) is 7.01. The second kappa shape index (κ2) is 7.27. The fourth-order valence-electron chi connectivity index (χ4n) is 2.05. The molecule has 24 heavy (non-hydrogen) atoms. The Bertz CT molecular complexity index is 851. The fourth-order valence-corrected chi connectivity index (χ4v) is 2.38. The van der Waals surface area contributed by atoms with Crippen LogP contribution < -0.4 is 16.2 Å². The van der Waals surface area contributed by atoms with Gasteiger partial charge in [0.05, 0.1) is 11.7 Å². The molecule has 6 nitrogen and oxygen atoms in total. The van der Waals surface area contributed by atoms with E-state index < -0.39 is 23.7 Å². The Kier molecular flexibility index (Phi) is 5.35. The molecule has 2 aromatic rings. The van der Waals surface area contributed by atoms with E-state index in [4.69, 9.17) is 11.6 Å². The Hall–Kier alpha value is -2.67. The summed E-state index contributed by atoms with van der Waals surface area (Å²) in [4.78, 5) is 35.1. The molecule has 1 heterocycles. The van der Waals surface area contributed by atoms with Gasteiger partial charge in [-0.15, -0.1) is 0 Å². The first-order chi connectivity index (χ1) is 11.3. The number of anilines is 1. The Morgan fingerprint density at radius 3 is 2.54 bits per heavy atom. The molecule has 0 aliphatic heterocycles. The molecule has 0 spiro atoms. The van der Waals surface area contributed by atoms with Gasteiger partial charge in [-0.25, -0.2) is 4.39 Å².